The van der Waals surface area contributed by atoms with Gasteiger partial charge < -0.3 is 20.1 Å². The number of benzene rings is 1. The molecule has 6 heteroatoms. The van der Waals surface area contributed by atoms with Crippen LogP contribution in [0.15, 0.2) is 30.3 Å². The molecular formula is C21H36N2O4. The lowest BCUT2D eigenvalue weighted by molar-refractivity contribution is -0.142. The first-order valence-corrected chi connectivity index (χ1v) is 9.62. The summed E-state index contributed by atoms with van der Waals surface area (Å²) >= 11 is 0. The monoisotopic (exact) mass is 380 g/mol. The van der Waals surface area contributed by atoms with Crippen molar-refractivity contribution in [1.29, 1.82) is 0 Å². The van der Waals surface area contributed by atoms with Gasteiger partial charge in [-0.3, -0.25) is 9.59 Å². The molecule has 2 rings (SSSR count). The minimum atomic E-state index is -0.455. The van der Waals surface area contributed by atoms with Crippen molar-refractivity contribution < 1.29 is 19.1 Å². The zero-order valence-corrected chi connectivity index (χ0v) is 17.6. The molecule has 0 bridgehead atoms. The average molecular weight is 381 g/mol. The summed E-state index contributed by atoms with van der Waals surface area (Å²) in [6, 6.07) is 10.5. The van der Waals surface area contributed by atoms with E-state index in [2.05, 4.69) is 34.4 Å². The molecular weight excluding hydrogens is 344 g/mol. The van der Waals surface area contributed by atoms with Gasteiger partial charge in [0.1, 0.15) is 6.54 Å². The molecule has 0 spiro atoms. The summed E-state index contributed by atoms with van der Waals surface area (Å²) in [5.41, 5.74) is 1.32. The van der Waals surface area contributed by atoms with Gasteiger partial charge >= 0.3 is 5.97 Å². The van der Waals surface area contributed by atoms with E-state index in [0.717, 1.165) is 19.4 Å². The van der Waals surface area contributed by atoms with Gasteiger partial charge in [0.2, 0.25) is 5.91 Å². The summed E-state index contributed by atoms with van der Waals surface area (Å²) in [4.78, 5) is 22.8. The highest BCUT2D eigenvalue weighted by Gasteiger charge is 2.32. The standard InChI is InChI=1S/C12H22N2O4.C7H8.C2H6/c1-8(12(16)14-7-10(15)17-2)11(18-3)9-5-4-6-13-9;1-7-5-3-2-4-6-7;1-2/h8-9,11,13H,4-7H2,1-3H3,(H,14,16);2-6H,1H3;1-2H3. The highest BCUT2D eigenvalue weighted by molar-refractivity contribution is 5.83. The normalized spacial score (nSPS) is 17.3. The second-order valence-electron chi connectivity index (χ2n) is 6.14. The predicted octanol–water partition coefficient (Wildman–Crippen LogP) is 2.70. The van der Waals surface area contributed by atoms with Crippen molar-refractivity contribution >= 4 is 11.9 Å². The Morgan fingerprint density at radius 1 is 1.22 bits per heavy atom. The van der Waals surface area contributed by atoms with Gasteiger partial charge in [0.05, 0.1) is 19.1 Å². The molecule has 1 aromatic rings. The zero-order chi connectivity index (χ0) is 20.7. The van der Waals surface area contributed by atoms with Gasteiger partial charge in [-0.15, -0.1) is 0 Å². The van der Waals surface area contributed by atoms with E-state index >= 15 is 0 Å². The van der Waals surface area contributed by atoms with Crippen LogP contribution in [0.5, 0.6) is 0 Å². The first-order valence-electron chi connectivity index (χ1n) is 9.62. The maximum atomic E-state index is 11.9. The Morgan fingerprint density at radius 3 is 2.26 bits per heavy atom. The fourth-order valence-corrected chi connectivity index (χ4v) is 2.78. The van der Waals surface area contributed by atoms with E-state index in [1.807, 2.05) is 32.0 Å². The van der Waals surface area contributed by atoms with Crippen molar-refractivity contribution in [1.82, 2.24) is 10.6 Å². The maximum Gasteiger partial charge on any atom is 0.325 e. The maximum absolute atomic E-state index is 11.9. The van der Waals surface area contributed by atoms with Gasteiger partial charge in [0, 0.05) is 13.2 Å². The summed E-state index contributed by atoms with van der Waals surface area (Å²) in [5, 5.41) is 5.87. The summed E-state index contributed by atoms with van der Waals surface area (Å²) in [6.45, 7) is 8.75. The molecule has 3 atom stereocenters. The van der Waals surface area contributed by atoms with Crippen molar-refractivity contribution in [3.05, 3.63) is 35.9 Å². The third-order valence-corrected chi connectivity index (χ3v) is 4.25. The predicted molar refractivity (Wildman–Crippen MR) is 109 cm³/mol. The number of ether oxygens (including phenoxy) is 2. The highest BCUT2D eigenvalue weighted by Crippen LogP contribution is 2.18. The first kappa shape index (κ1) is 25.1. The topological polar surface area (TPSA) is 76.7 Å². The molecule has 0 radical (unpaired) electrons. The smallest absolute Gasteiger partial charge is 0.325 e. The number of aryl methyl sites for hydroxylation is 1. The number of hydrogen-bond donors (Lipinski definition) is 2. The van der Waals surface area contributed by atoms with Crippen molar-refractivity contribution in [2.45, 2.75) is 52.7 Å². The zero-order valence-electron chi connectivity index (χ0n) is 17.6. The van der Waals surface area contributed by atoms with Crippen LogP contribution in [0.3, 0.4) is 0 Å². The molecule has 27 heavy (non-hydrogen) atoms. The Labute approximate surface area is 164 Å². The largest absolute Gasteiger partial charge is 0.468 e. The number of amides is 1. The van der Waals surface area contributed by atoms with Crippen LogP contribution in [-0.2, 0) is 19.1 Å². The average Bonchev–Trinajstić information content (AvgIpc) is 3.23. The number of methoxy groups -OCH3 is 2. The molecule has 2 N–H and O–H groups in total. The Morgan fingerprint density at radius 2 is 1.85 bits per heavy atom. The molecule has 1 aliphatic heterocycles. The number of nitrogens with one attached hydrogen (secondary N) is 2. The van der Waals surface area contributed by atoms with Gasteiger partial charge in [-0.2, -0.15) is 0 Å². The molecule has 0 saturated carbocycles. The van der Waals surface area contributed by atoms with E-state index in [4.69, 9.17) is 4.74 Å². The minimum absolute atomic E-state index is 0.103. The number of hydrogen-bond acceptors (Lipinski definition) is 5. The summed E-state index contributed by atoms with van der Waals surface area (Å²) in [5.74, 6) is -0.959. The molecule has 3 unspecified atom stereocenters. The van der Waals surface area contributed by atoms with Crippen molar-refractivity contribution in [2.24, 2.45) is 5.92 Å². The van der Waals surface area contributed by atoms with Crippen LogP contribution in [0.4, 0.5) is 0 Å². The van der Waals surface area contributed by atoms with Gasteiger partial charge in [-0.25, -0.2) is 0 Å². The van der Waals surface area contributed by atoms with Crippen LogP contribution < -0.4 is 10.6 Å². The third-order valence-electron chi connectivity index (χ3n) is 4.25. The fourth-order valence-electron chi connectivity index (χ4n) is 2.78. The van der Waals surface area contributed by atoms with E-state index in [1.165, 1.54) is 12.7 Å². The molecule has 1 amide bonds. The highest BCUT2D eigenvalue weighted by atomic mass is 16.5. The second-order valence-corrected chi connectivity index (χ2v) is 6.14. The SMILES string of the molecule is CC.COC(=O)CNC(=O)C(C)C(OC)C1CCCN1.Cc1ccccc1. The molecule has 1 aliphatic rings. The summed E-state index contributed by atoms with van der Waals surface area (Å²) in [7, 11) is 2.90. The number of carbonyl (C=O) groups excluding carboxylic acids is 2. The van der Waals surface area contributed by atoms with E-state index in [-0.39, 0.29) is 30.5 Å². The summed E-state index contributed by atoms with van der Waals surface area (Å²) in [6.07, 6.45) is 1.93. The quantitative estimate of drug-likeness (QED) is 0.742. The van der Waals surface area contributed by atoms with Crippen LogP contribution in [0.1, 0.15) is 39.2 Å². The molecule has 1 saturated heterocycles. The molecule has 0 aliphatic carbocycles. The fraction of sp³-hybridized carbons (Fsp3) is 0.619. The van der Waals surface area contributed by atoms with Crippen LogP contribution >= 0.6 is 0 Å². The van der Waals surface area contributed by atoms with Crippen LogP contribution in [0.25, 0.3) is 0 Å². The van der Waals surface area contributed by atoms with Gasteiger partial charge in [0.15, 0.2) is 0 Å². The Balaban J connectivity index is 0.000000621. The number of carbonyl (C=O) groups is 2. The molecule has 1 heterocycles. The molecule has 6 nitrogen and oxygen atoms in total. The van der Waals surface area contributed by atoms with Crippen molar-refractivity contribution in [2.75, 3.05) is 27.3 Å². The molecule has 1 aromatic carbocycles. The first-order chi connectivity index (χ1) is 13.0. The summed E-state index contributed by atoms with van der Waals surface area (Å²) < 4.78 is 9.88. The van der Waals surface area contributed by atoms with E-state index in [0.29, 0.717) is 0 Å². The lowest BCUT2D eigenvalue weighted by Crippen LogP contribution is -2.47. The van der Waals surface area contributed by atoms with Crippen LogP contribution in [0, 0.1) is 12.8 Å². The van der Waals surface area contributed by atoms with Crippen LogP contribution in [0.2, 0.25) is 0 Å². The van der Waals surface area contributed by atoms with Gasteiger partial charge in [0.25, 0.3) is 0 Å². The minimum Gasteiger partial charge on any atom is -0.468 e. The third kappa shape index (κ3) is 10.1. The van der Waals surface area contributed by atoms with E-state index in [1.54, 1.807) is 14.0 Å². The molecule has 154 valence electrons. The Kier molecular flexibility index (Phi) is 14.1. The number of rotatable bonds is 6. The van der Waals surface area contributed by atoms with E-state index in [9.17, 15) is 9.59 Å². The van der Waals surface area contributed by atoms with Gasteiger partial charge in [-0.1, -0.05) is 56.7 Å². The van der Waals surface area contributed by atoms with Crippen molar-refractivity contribution in [3.8, 4) is 0 Å². The van der Waals surface area contributed by atoms with E-state index < -0.39 is 5.97 Å². The van der Waals surface area contributed by atoms with Crippen molar-refractivity contribution in [3.63, 3.8) is 0 Å². The Hall–Kier alpha value is -1.92. The molecule has 0 aromatic heterocycles. The van der Waals surface area contributed by atoms with Crippen LogP contribution in [-0.4, -0.2) is 51.3 Å². The Bertz CT molecular complexity index is 516. The lowest BCUT2D eigenvalue weighted by Gasteiger charge is -2.27. The van der Waals surface area contributed by atoms with Gasteiger partial charge in [-0.05, 0) is 26.3 Å². The second kappa shape index (κ2) is 15.2. The number of esters is 1. The lowest BCUT2D eigenvalue weighted by atomic mass is 9.95. The molecule has 1 fully saturated rings.